The topological polar surface area (TPSA) is 724 Å². The van der Waals surface area contributed by atoms with Crippen LogP contribution in [0.4, 0.5) is 0 Å². The van der Waals surface area contributed by atoms with Gasteiger partial charge in [0.25, 0.3) is 5.97 Å². The van der Waals surface area contributed by atoms with E-state index in [4.69, 9.17) is 26.5 Å². The number of carboxylic acid groups (broad SMARTS) is 3. The zero-order valence-electron chi connectivity index (χ0n) is 62.3. The van der Waals surface area contributed by atoms with Gasteiger partial charge in [0.15, 0.2) is 0 Å². The third-order valence-corrected chi connectivity index (χ3v) is 15.6. The predicted molar refractivity (Wildman–Crippen MR) is 380 cm³/mol. The van der Waals surface area contributed by atoms with Crippen molar-refractivity contribution in [3.63, 3.8) is 0 Å². The maximum atomic E-state index is 14.1. The molecule has 0 aliphatic heterocycles. The minimum Gasteiger partial charge on any atom is -0.508 e. The number of hydrogen-bond acceptors (Lipinski definition) is 27. The summed E-state index contributed by atoms with van der Waals surface area (Å²) in [6.45, 7) is 8.55. The highest BCUT2D eigenvalue weighted by Crippen LogP contribution is 2.15. The Morgan fingerprint density at radius 2 is 0.606 bits per heavy atom. The van der Waals surface area contributed by atoms with E-state index in [2.05, 4.69) is 63.8 Å². The number of carbonyl (C=O) groups excluding carboxylic acids is 13. The molecule has 0 bridgehead atoms. The summed E-state index contributed by atoms with van der Waals surface area (Å²) < 4.78 is 0. The molecule has 0 heterocycles. The average molecular weight is 1560 g/mol. The molecule has 0 saturated carbocycles. The molecule has 0 radical (unpaired) electrons. The number of carbonyl (C=O) groups is 16. The lowest BCUT2D eigenvalue weighted by Gasteiger charge is -2.30. The first-order valence-electron chi connectivity index (χ1n) is 34.7. The Kier molecular flexibility index (Phi) is 46.1. The number of amides is 13. The molecule has 17 atom stereocenters. The zero-order valence-corrected chi connectivity index (χ0v) is 62.3. The molecule has 618 valence electrons. The lowest BCUT2D eigenvalue weighted by Crippen LogP contribution is -2.63. The second-order valence-electron chi connectivity index (χ2n) is 26.8. The van der Waals surface area contributed by atoms with Gasteiger partial charge in [0.1, 0.15) is 84.3 Å². The number of hydrogen-bond donors (Lipinski definition) is 27. The Morgan fingerprint density at radius 1 is 0.358 bits per heavy atom. The first-order valence-corrected chi connectivity index (χ1v) is 34.7. The average Bonchev–Trinajstić information content (AvgIpc) is 0.840. The van der Waals surface area contributed by atoms with Gasteiger partial charge in [0.2, 0.25) is 76.8 Å². The number of aliphatic carboxylic acids is 3. The number of phenolic OH excluding ortho intramolecular Hbond substituents is 1. The minimum atomic E-state index is -2.03. The molecule has 0 saturated heterocycles. The summed E-state index contributed by atoms with van der Waals surface area (Å²) in [5.74, 6) is -20.8. The van der Waals surface area contributed by atoms with E-state index < -0.39 is 255 Å². The van der Waals surface area contributed by atoms with Crippen molar-refractivity contribution in [2.45, 2.75) is 224 Å². The molecule has 0 aliphatic carbocycles. The molecular weight excluding hydrogens is 1450 g/mol. The highest BCUT2D eigenvalue weighted by Gasteiger charge is 2.40. The Labute approximate surface area is 627 Å². The molecule has 43 nitrogen and oxygen atoms in total. The van der Waals surface area contributed by atoms with Crippen LogP contribution in [-0.4, -0.2) is 298 Å². The number of carboxylic acids is 3. The van der Waals surface area contributed by atoms with E-state index in [0.29, 0.717) is 12.8 Å². The van der Waals surface area contributed by atoms with Crippen LogP contribution < -0.4 is 80.6 Å². The fourth-order valence-electron chi connectivity index (χ4n) is 9.86. The fourth-order valence-corrected chi connectivity index (χ4v) is 9.86. The van der Waals surface area contributed by atoms with Gasteiger partial charge in [-0.1, -0.05) is 53.7 Å². The monoisotopic (exact) mass is 1560 g/mol. The first kappa shape index (κ1) is 99.1. The van der Waals surface area contributed by atoms with Crippen LogP contribution in [0.2, 0.25) is 0 Å². The molecule has 43 heteroatoms. The van der Waals surface area contributed by atoms with Crippen molar-refractivity contribution in [3.05, 3.63) is 29.8 Å². The van der Waals surface area contributed by atoms with Crippen molar-refractivity contribution < 1.29 is 138 Å². The third kappa shape index (κ3) is 37.7. The quantitative estimate of drug-likeness (QED) is 0.0269. The number of rotatable bonds is 49. The van der Waals surface area contributed by atoms with Crippen LogP contribution in [0.15, 0.2) is 24.3 Å². The second kappa shape index (κ2) is 50.7. The van der Waals surface area contributed by atoms with Crippen molar-refractivity contribution in [2.75, 3.05) is 39.6 Å². The molecule has 0 aromatic heterocycles. The lowest BCUT2D eigenvalue weighted by atomic mass is 10.00. The van der Waals surface area contributed by atoms with E-state index in [0.717, 1.165) is 27.7 Å². The van der Waals surface area contributed by atoms with Crippen LogP contribution in [0.25, 0.3) is 0 Å². The maximum absolute atomic E-state index is 14.1. The van der Waals surface area contributed by atoms with Gasteiger partial charge in [0, 0.05) is 13.3 Å². The summed E-state index contributed by atoms with van der Waals surface area (Å²) in [7, 11) is 0. The summed E-state index contributed by atoms with van der Waals surface area (Å²) in [5.41, 5.74) is 11.3. The molecule has 0 unspecified atom stereocenters. The van der Waals surface area contributed by atoms with Gasteiger partial charge in [-0.15, -0.1) is 0 Å². The zero-order chi connectivity index (χ0) is 83.9. The van der Waals surface area contributed by atoms with Crippen LogP contribution in [0.5, 0.6) is 5.75 Å². The fraction of sp³-hybridized carbons (Fsp3) is 0.667. The number of aliphatic hydroxyl groups is 8. The molecule has 0 aliphatic rings. The summed E-state index contributed by atoms with van der Waals surface area (Å²) in [6, 6.07) is -19.8. The largest absolute Gasteiger partial charge is 0.508 e. The number of aromatic hydroxyl groups is 1. The molecule has 29 N–H and O–H groups in total. The van der Waals surface area contributed by atoms with Crippen LogP contribution in [0.1, 0.15) is 120 Å². The maximum Gasteiger partial charge on any atom is 0.326 e. The van der Waals surface area contributed by atoms with Crippen molar-refractivity contribution in [2.24, 2.45) is 29.2 Å². The van der Waals surface area contributed by atoms with Crippen molar-refractivity contribution in [1.82, 2.24) is 69.1 Å². The smallest absolute Gasteiger partial charge is 0.326 e. The summed E-state index contributed by atoms with van der Waals surface area (Å²) in [6.07, 6.45) is -6.38. The molecule has 1 rings (SSSR count). The summed E-state index contributed by atoms with van der Waals surface area (Å²) >= 11 is 0. The normalized spacial score (nSPS) is 15.8. The van der Waals surface area contributed by atoms with E-state index in [1.54, 1.807) is 41.5 Å². The predicted octanol–water partition coefficient (Wildman–Crippen LogP) is -10.4. The molecular formula is C66H111N15O28. The Hall–Kier alpha value is -9.86. The number of aliphatic hydroxyl groups excluding tert-OH is 8. The lowest BCUT2D eigenvalue weighted by molar-refractivity contribution is -0.143. The number of nitrogens with one attached hydrogen (secondary N) is 13. The molecule has 1 aromatic rings. The highest BCUT2D eigenvalue weighted by atomic mass is 16.4. The van der Waals surface area contributed by atoms with Gasteiger partial charge in [0.05, 0.1) is 63.8 Å². The molecule has 0 spiro atoms. The molecule has 1 aromatic carbocycles. The Bertz CT molecular complexity index is 3180. The van der Waals surface area contributed by atoms with Crippen LogP contribution in [-0.2, 0) is 83.1 Å². The minimum absolute atomic E-state index is 0.0190. The van der Waals surface area contributed by atoms with Crippen molar-refractivity contribution in [1.29, 1.82) is 0 Å². The van der Waals surface area contributed by atoms with Gasteiger partial charge in [-0.3, -0.25) is 71.9 Å². The van der Waals surface area contributed by atoms with E-state index >= 15 is 0 Å². The third-order valence-electron chi connectivity index (χ3n) is 15.6. The van der Waals surface area contributed by atoms with Crippen LogP contribution in [0, 0.1) is 17.8 Å². The number of unbranched alkanes of at least 4 members (excludes halogenated alkanes) is 1. The van der Waals surface area contributed by atoms with E-state index in [-0.39, 0.29) is 49.5 Å². The van der Waals surface area contributed by atoms with E-state index in [1.165, 1.54) is 24.3 Å². The van der Waals surface area contributed by atoms with Gasteiger partial charge in [-0.2, -0.15) is 0 Å². The summed E-state index contributed by atoms with van der Waals surface area (Å²) in [5, 5.41) is 148. The number of benzene rings is 1. The Balaban J connectivity index is 0.0000284. The SMILES string of the molecule is CC(=O)O.CC(C)C[C@H](NC(=O)[C@H](CO)NC(=O)[C@H](Cc1ccc(O)cc1)NC(=O)[C@@H](NC(=O)[C@H](CO)NC(=O)[C@@H](N)CC(=O)O)[C@@H](C)O)C(=O)N[C@@H](CO)C(=O)N[C@@H](CO)C(=O)N[C@H](C(=O)N[C@@H](CC(C)C)C(=O)N[C@H](C(=O)N[C@@H](CC(C)C)C(=O)N[C@@H](CO)C(=O)N[C@@H](CCCCN)C(=O)O)[C@@H](C)O)[C@@H](C)O. The van der Waals surface area contributed by atoms with Crippen molar-refractivity contribution in [3.8, 4) is 5.75 Å². The van der Waals surface area contributed by atoms with Crippen LogP contribution in [0.3, 0.4) is 0 Å². The van der Waals surface area contributed by atoms with E-state index in [9.17, 15) is 123 Å². The van der Waals surface area contributed by atoms with Gasteiger partial charge < -0.3 is 142 Å². The van der Waals surface area contributed by atoms with Gasteiger partial charge in [-0.05, 0) is 101 Å². The molecule has 0 fully saturated rings. The van der Waals surface area contributed by atoms with Crippen molar-refractivity contribution >= 4 is 94.7 Å². The van der Waals surface area contributed by atoms with E-state index in [1.807, 2.05) is 5.32 Å². The Morgan fingerprint density at radius 3 is 0.881 bits per heavy atom. The molecule has 109 heavy (non-hydrogen) atoms. The summed E-state index contributed by atoms with van der Waals surface area (Å²) in [4.78, 5) is 209. The number of nitrogens with two attached hydrogens (primary N) is 2. The van der Waals surface area contributed by atoms with Gasteiger partial charge in [-0.25, -0.2) is 4.79 Å². The first-order chi connectivity index (χ1) is 50.8. The van der Waals surface area contributed by atoms with Gasteiger partial charge >= 0.3 is 11.9 Å². The highest BCUT2D eigenvalue weighted by molar-refractivity contribution is 6.00. The number of phenols is 1. The second-order valence-corrected chi connectivity index (χ2v) is 26.8. The molecule has 13 amide bonds. The van der Waals surface area contributed by atoms with Crippen LogP contribution >= 0.6 is 0 Å². The standard InChI is InChI=1S/C64H107N15O26.C2H4O2/c1-28(2)18-38(68-57(97)43(24-81)75-54(94)41(21-34-13-15-35(88)16-14-34)71-63(103)50(33(9)87)78-59(99)45(26-83)72-51(91)36(66)22-47(89)90)52(92)74-44(25-82)58(98)76-46(27-84)60(100)79-49(32(8)86)62(102)70-40(20-30(5)6)55(95)77-48(31(7)85)61(101)69-39(19-29(3)4)53(93)73-42(23-80)56(96)67-37(64(104)105)12-10-11-17-65;1-2(3)4/h13-16,28-33,36-46,48-50,80-88H,10-12,17-27,65-66H2,1-9H3,(H,67,96)(H,68,97)(H,69,101)(H,70,102)(H,71,103)(H,72,91)(H,73,93)(H,74,92)(H,75,94)(H,76,98)(H,77,95)(H,78,99)(H,79,100)(H,89,90)(H,104,105);1H3,(H,3,4)/t31-,32-,33-,36+,37+,38+,39+,40+,41+,42+,43+,44+,45+,46+,48+,49+,50+;/m1./s1.